The van der Waals surface area contributed by atoms with Crippen molar-refractivity contribution in [2.75, 3.05) is 7.11 Å². The quantitative estimate of drug-likeness (QED) is 0.713. The molecule has 112 valence electrons. The highest BCUT2D eigenvalue weighted by molar-refractivity contribution is 6.35. The summed E-state index contributed by atoms with van der Waals surface area (Å²) >= 11 is 12.0. The predicted molar refractivity (Wildman–Crippen MR) is 88.4 cm³/mol. The van der Waals surface area contributed by atoms with E-state index in [9.17, 15) is 0 Å². The van der Waals surface area contributed by atoms with Gasteiger partial charge in [0, 0.05) is 21.7 Å². The van der Waals surface area contributed by atoms with Crippen molar-refractivity contribution in [1.29, 1.82) is 5.26 Å². The zero-order chi connectivity index (χ0) is 15.9. The topological polar surface area (TPSA) is 42.2 Å². The van der Waals surface area contributed by atoms with Gasteiger partial charge in [0.15, 0.2) is 11.5 Å². The minimum absolute atomic E-state index is 0.305. The Labute approximate surface area is 139 Å². The van der Waals surface area contributed by atoms with Gasteiger partial charge >= 0.3 is 0 Å². The van der Waals surface area contributed by atoms with Crippen LogP contribution in [0.5, 0.6) is 11.5 Å². The second-order valence-corrected chi connectivity index (χ2v) is 5.24. The molecule has 0 fully saturated rings. The maximum Gasteiger partial charge on any atom is 0.161 e. The van der Waals surface area contributed by atoms with Gasteiger partial charge in [0.05, 0.1) is 13.2 Å². The standard InChI is InChI=1S/C17H13Cl2NO2/c1-21-17-9-12(3-2-8-20)4-7-16(17)22-11-13-5-6-14(18)10-15(13)19/h2-7,9-10H,11H2,1H3/b3-2+. The van der Waals surface area contributed by atoms with Crippen molar-refractivity contribution in [2.45, 2.75) is 6.61 Å². The highest BCUT2D eigenvalue weighted by Crippen LogP contribution is 2.30. The van der Waals surface area contributed by atoms with E-state index in [-0.39, 0.29) is 0 Å². The van der Waals surface area contributed by atoms with Crippen molar-refractivity contribution in [3.63, 3.8) is 0 Å². The molecule has 0 saturated carbocycles. The fourth-order valence-electron chi connectivity index (χ4n) is 1.83. The summed E-state index contributed by atoms with van der Waals surface area (Å²) in [5.41, 5.74) is 1.69. The van der Waals surface area contributed by atoms with Crippen LogP contribution in [0.1, 0.15) is 11.1 Å². The molecule has 2 aromatic carbocycles. The molecule has 0 spiro atoms. The summed E-state index contributed by atoms with van der Waals surface area (Å²) < 4.78 is 11.1. The minimum Gasteiger partial charge on any atom is -0.493 e. The molecule has 0 aliphatic heterocycles. The average molecular weight is 334 g/mol. The number of nitriles is 1. The number of benzene rings is 2. The Hall–Kier alpha value is -2.15. The maximum absolute atomic E-state index is 8.55. The van der Waals surface area contributed by atoms with Gasteiger partial charge in [0.1, 0.15) is 6.61 Å². The first-order valence-electron chi connectivity index (χ1n) is 6.45. The fraction of sp³-hybridized carbons (Fsp3) is 0.118. The third-order valence-electron chi connectivity index (χ3n) is 2.94. The lowest BCUT2D eigenvalue weighted by atomic mass is 10.2. The number of rotatable bonds is 5. The summed E-state index contributed by atoms with van der Waals surface area (Å²) in [6.45, 7) is 0.305. The normalized spacial score (nSPS) is 10.5. The zero-order valence-corrected chi connectivity index (χ0v) is 13.4. The summed E-state index contributed by atoms with van der Waals surface area (Å²) in [5.74, 6) is 1.19. The van der Waals surface area contributed by atoms with Gasteiger partial charge in [0.25, 0.3) is 0 Å². The van der Waals surface area contributed by atoms with Gasteiger partial charge in [-0.2, -0.15) is 5.26 Å². The third kappa shape index (κ3) is 4.17. The summed E-state index contributed by atoms with van der Waals surface area (Å²) in [4.78, 5) is 0. The van der Waals surface area contributed by atoms with Gasteiger partial charge in [0.2, 0.25) is 0 Å². The Morgan fingerprint density at radius 3 is 2.64 bits per heavy atom. The van der Waals surface area contributed by atoms with Crippen LogP contribution >= 0.6 is 23.2 Å². The van der Waals surface area contributed by atoms with Crippen LogP contribution in [0.3, 0.4) is 0 Å². The number of ether oxygens (including phenoxy) is 2. The summed E-state index contributed by atoms with van der Waals surface area (Å²) in [6, 6.07) is 12.6. The second-order valence-electron chi connectivity index (χ2n) is 4.40. The predicted octanol–water partition coefficient (Wildman–Crippen LogP) is 5.12. The summed E-state index contributed by atoms with van der Waals surface area (Å²) in [6.07, 6.45) is 3.10. The van der Waals surface area contributed by atoms with Crippen LogP contribution in [0, 0.1) is 11.3 Å². The number of hydrogen-bond acceptors (Lipinski definition) is 3. The lowest BCUT2D eigenvalue weighted by Crippen LogP contribution is -1.98. The lowest BCUT2D eigenvalue weighted by molar-refractivity contribution is 0.284. The molecule has 0 heterocycles. The molecule has 22 heavy (non-hydrogen) atoms. The van der Waals surface area contributed by atoms with E-state index in [0.29, 0.717) is 28.2 Å². The molecule has 0 amide bonds. The van der Waals surface area contributed by atoms with Crippen molar-refractivity contribution in [3.05, 3.63) is 63.6 Å². The van der Waals surface area contributed by atoms with E-state index >= 15 is 0 Å². The van der Waals surface area contributed by atoms with Gasteiger partial charge in [-0.15, -0.1) is 0 Å². The Bertz CT molecular complexity index is 736. The number of nitrogens with zero attached hydrogens (tertiary/aromatic N) is 1. The van der Waals surface area contributed by atoms with E-state index < -0.39 is 0 Å². The average Bonchev–Trinajstić information content (AvgIpc) is 2.52. The van der Waals surface area contributed by atoms with Crippen LogP contribution in [0.25, 0.3) is 6.08 Å². The molecule has 5 heteroatoms. The van der Waals surface area contributed by atoms with E-state index in [1.807, 2.05) is 18.2 Å². The molecule has 0 atom stereocenters. The highest BCUT2D eigenvalue weighted by Gasteiger charge is 2.07. The van der Waals surface area contributed by atoms with Crippen molar-refractivity contribution < 1.29 is 9.47 Å². The Balaban J connectivity index is 2.15. The molecule has 2 aromatic rings. The zero-order valence-electron chi connectivity index (χ0n) is 11.8. The van der Waals surface area contributed by atoms with E-state index in [1.54, 1.807) is 37.5 Å². The first kappa shape index (κ1) is 16.2. The van der Waals surface area contributed by atoms with Crippen molar-refractivity contribution >= 4 is 29.3 Å². The van der Waals surface area contributed by atoms with Crippen LogP contribution in [-0.2, 0) is 6.61 Å². The van der Waals surface area contributed by atoms with Crippen LogP contribution in [0.2, 0.25) is 10.0 Å². The molecule has 0 aliphatic rings. The molecule has 0 N–H and O–H groups in total. The largest absolute Gasteiger partial charge is 0.493 e. The number of methoxy groups -OCH3 is 1. The summed E-state index contributed by atoms with van der Waals surface area (Å²) in [7, 11) is 1.56. The smallest absolute Gasteiger partial charge is 0.161 e. The van der Waals surface area contributed by atoms with Crippen molar-refractivity contribution in [2.24, 2.45) is 0 Å². The Morgan fingerprint density at radius 1 is 1.14 bits per heavy atom. The van der Waals surface area contributed by atoms with E-state index in [1.165, 1.54) is 6.08 Å². The van der Waals surface area contributed by atoms with Crippen LogP contribution in [0.15, 0.2) is 42.5 Å². The van der Waals surface area contributed by atoms with Crippen LogP contribution in [-0.4, -0.2) is 7.11 Å². The van der Waals surface area contributed by atoms with E-state index in [2.05, 4.69) is 0 Å². The highest BCUT2D eigenvalue weighted by atomic mass is 35.5. The van der Waals surface area contributed by atoms with Crippen LogP contribution in [0.4, 0.5) is 0 Å². The van der Waals surface area contributed by atoms with Gasteiger partial charge in [-0.3, -0.25) is 0 Å². The molecular formula is C17H13Cl2NO2. The van der Waals surface area contributed by atoms with Gasteiger partial charge in [-0.25, -0.2) is 0 Å². The lowest BCUT2D eigenvalue weighted by Gasteiger charge is -2.12. The molecule has 0 aliphatic carbocycles. The minimum atomic E-state index is 0.305. The Morgan fingerprint density at radius 2 is 1.95 bits per heavy atom. The third-order valence-corrected chi connectivity index (χ3v) is 3.52. The molecule has 2 rings (SSSR count). The maximum atomic E-state index is 8.55. The SMILES string of the molecule is COc1cc(/C=C/C#N)ccc1OCc1ccc(Cl)cc1Cl. The number of hydrogen-bond donors (Lipinski definition) is 0. The molecule has 0 aromatic heterocycles. The number of allylic oxidation sites excluding steroid dienone is 1. The molecular weight excluding hydrogens is 321 g/mol. The second kappa shape index (κ2) is 7.74. The van der Waals surface area contributed by atoms with Crippen molar-refractivity contribution in [1.82, 2.24) is 0 Å². The monoisotopic (exact) mass is 333 g/mol. The molecule has 0 unspecified atom stereocenters. The van der Waals surface area contributed by atoms with Gasteiger partial charge in [-0.05, 0) is 35.9 Å². The van der Waals surface area contributed by atoms with E-state index in [0.717, 1.165) is 11.1 Å². The summed E-state index contributed by atoms with van der Waals surface area (Å²) in [5, 5.41) is 9.69. The van der Waals surface area contributed by atoms with Gasteiger partial charge < -0.3 is 9.47 Å². The first-order chi connectivity index (χ1) is 10.6. The molecule has 0 saturated heterocycles. The Kier molecular flexibility index (Phi) is 5.71. The fourth-order valence-corrected chi connectivity index (χ4v) is 2.30. The van der Waals surface area contributed by atoms with Crippen LogP contribution < -0.4 is 9.47 Å². The van der Waals surface area contributed by atoms with Gasteiger partial charge in [-0.1, -0.05) is 35.3 Å². The molecule has 0 bridgehead atoms. The van der Waals surface area contributed by atoms with Crippen molar-refractivity contribution in [3.8, 4) is 17.6 Å². The molecule has 3 nitrogen and oxygen atoms in total. The molecule has 0 radical (unpaired) electrons. The first-order valence-corrected chi connectivity index (χ1v) is 7.20. The van der Waals surface area contributed by atoms with E-state index in [4.69, 9.17) is 37.9 Å². The number of halogens is 2.